The number of aromatic nitrogens is 1. The second kappa shape index (κ2) is 4.38. The summed E-state index contributed by atoms with van der Waals surface area (Å²) in [5, 5.41) is 2.78. The molecule has 6 heteroatoms. The molecule has 0 saturated carbocycles. The zero-order valence-corrected chi connectivity index (χ0v) is 9.70. The minimum Gasteiger partial charge on any atom is -0.351 e. The van der Waals surface area contributed by atoms with Gasteiger partial charge in [-0.05, 0) is 12.1 Å². The Hall–Kier alpha value is -1.95. The smallest absolute Gasteiger partial charge is 0.252 e. The first kappa shape index (κ1) is 11.2. The topological polar surface area (TPSA) is 71.5 Å². The molecule has 2 amide bonds. The number of nitrogens with one attached hydrogen (secondary N) is 1. The average Bonchev–Trinajstić information content (AvgIpc) is 2.74. The van der Waals surface area contributed by atoms with Crippen LogP contribution in [-0.2, 0) is 9.53 Å². The van der Waals surface area contributed by atoms with Gasteiger partial charge in [0.15, 0.2) is 0 Å². The van der Waals surface area contributed by atoms with Gasteiger partial charge in [0.2, 0.25) is 5.91 Å². The van der Waals surface area contributed by atoms with Crippen LogP contribution in [0.4, 0.5) is 0 Å². The summed E-state index contributed by atoms with van der Waals surface area (Å²) in [7, 11) is 0. The van der Waals surface area contributed by atoms with Crippen LogP contribution in [0.5, 0.6) is 0 Å². The van der Waals surface area contributed by atoms with E-state index in [4.69, 9.17) is 4.74 Å². The first-order valence-electron chi connectivity index (χ1n) is 5.87. The predicted octanol–water partition coefficient (Wildman–Crippen LogP) is -0.231. The lowest BCUT2D eigenvalue weighted by Gasteiger charge is -2.31. The molecule has 0 aliphatic carbocycles. The number of β-lactam (4-membered cyclic amide) rings is 1. The zero-order valence-electron chi connectivity index (χ0n) is 9.70. The minimum atomic E-state index is -0.174. The van der Waals surface area contributed by atoms with Crippen molar-refractivity contribution in [1.82, 2.24) is 15.2 Å². The maximum atomic E-state index is 11.8. The van der Waals surface area contributed by atoms with Crippen molar-refractivity contribution >= 4 is 11.8 Å². The fraction of sp³-hybridized carbons (Fsp3) is 0.417. The number of nitrogens with zero attached hydrogens (tertiary/aromatic N) is 2. The van der Waals surface area contributed by atoms with Crippen LogP contribution < -0.4 is 5.32 Å². The Kier molecular flexibility index (Phi) is 2.71. The third-order valence-electron chi connectivity index (χ3n) is 3.18. The van der Waals surface area contributed by atoms with E-state index in [0.29, 0.717) is 25.1 Å². The quantitative estimate of drug-likeness (QED) is 0.749. The highest BCUT2D eigenvalue weighted by molar-refractivity contribution is 5.93. The van der Waals surface area contributed by atoms with Gasteiger partial charge < -0.3 is 15.0 Å². The van der Waals surface area contributed by atoms with Crippen molar-refractivity contribution in [3.8, 4) is 0 Å². The molecule has 1 aromatic heterocycles. The van der Waals surface area contributed by atoms with Gasteiger partial charge >= 0.3 is 0 Å². The van der Waals surface area contributed by atoms with Crippen molar-refractivity contribution in [3.05, 3.63) is 30.1 Å². The van der Waals surface area contributed by atoms with Crippen LogP contribution in [0.2, 0.25) is 0 Å². The monoisotopic (exact) mass is 247 g/mol. The van der Waals surface area contributed by atoms with Crippen molar-refractivity contribution in [2.45, 2.75) is 18.8 Å². The maximum absolute atomic E-state index is 11.8. The number of pyridine rings is 1. The Labute approximate surface area is 104 Å². The van der Waals surface area contributed by atoms with E-state index in [9.17, 15) is 9.59 Å². The molecule has 2 unspecified atom stereocenters. The van der Waals surface area contributed by atoms with E-state index in [1.54, 1.807) is 23.2 Å². The third kappa shape index (κ3) is 1.95. The van der Waals surface area contributed by atoms with Crippen LogP contribution in [0.25, 0.3) is 0 Å². The fourth-order valence-corrected chi connectivity index (χ4v) is 2.17. The molecule has 94 valence electrons. The Morgan fingerprint density at radius 3 is 3.17 bits per heavy atom. The molecule has 0 aromatic carbocycles. The number of ether oxygens (including phenoxy) is 1. The van der Waals surface area contributed by atoms with Gasteiger partial charge in [-0.3, -0.25) is 14.6 Å². The molecule has 2 aliphatic heterocycles. The van der Waals surface area contributed by atoms with E-state index < -0.39 is 0 Å². The molecule has 0 radical (unpaired) electrons. The molecule has 1 N–H and O–H groups in total. The number of fused-ring (bicyclic) bond motifs is 1. The molecular weight excluding hydrogens is 234 g/mol. The lowest BCUT2D eigenvalue weighted by atomic mass is 10.2. The predicted molar refractivity (Wildman–Crippen MR) is 61.6 cm³/mol. The van der Waals surface area contributed by atoms with Crippen LogP contribution in [0.3, 0.4) is 0 Å². The number of hydrogen-bond acceptors (Lipinski definition) is 4. The van der Waals surface area contributed by atoms with Crippen LogP contribution in [0.15, 0.2) is 24.5 Å². The van der Waals surface area contributed by atoms with Crippen LogP contribution >= 0.6 is 0 Å². The van der Waals surface area contributed by atoms with Crippen molar-refractivity contribution in [2.24, 2.45) is 0 Å². The first-order valence-corrected chi connectivity index (χ1v) is 5.87. The molecule has 2 saturated heterocycles. The van der Waals surface area contributed by atoms with Gasteiger partial charge in [-0.15, -0.1) is 0 Å². The highest BCUT2D eigenvalue weighted by atomic mass is 16.5. The summed E-state index contributed by atoms with van der Waals surface area (Å²) in [5.41, 5.74) is 0.523. The van der Waals surface area contributed by atoms with Gasteiger partial charge in [0, 0.05) is 18.9 Å². The summed E-state index contributed by atoms with van der Waals surface area (Å²) in [6, 6.07) is 3.42. The molecule has 2 fully saturated rings. The van der Waals surface area contributed by atoms with Gasteiger partial charge in [-0.1, -0.05) is 0 Å². The lowest BCUT2D eigenvalue weighted by Crippen LogP contribution is -2.48. The molecule has 0 bridgehead atoms. The number of rotatable bonds is 3. The van der Waals surface area contributed by atoms with Crippen molar-refractivity contribution in [2.75, 3.05) is 13.1 Å². The first-order chi connectivity index (χ1) is 8.74. The largest absolute Gasteiger partial charge is 0.351 e. The van der Waals surface area contributed by atoms with Gasteiger partial charge in [0.1, 0.15) is 6.23 Å². The molecule has 18 heavy (non-hydrogen) atoms. The summed E-state index contributed by atoms with van der Waals surface area (Å²) in [6.07, 6.45) is 3.42. The Morgan fingerprint density at radius 1 is 1.61 bits per heavy atom. The molecule has 2 atom stereocenters. The zero-order chi connectivity index (χ0) is 12.5. The van der Waals surface area contributed by atoms with Gasteiger partial charge in [0.25, 0.3) is 5.91 Å². The van der Waals surface area contributed by atoms with Crippen molar-refractivity contribution < 1.29 is 14.3 Å². The normalized spacial score (nSPS) is 25.6. The molecule has 3 heterocycles. The maximum Gasteiger partial charge on any atom is 0.252 e. The summed E-state index contributed by atoms with van der Waals surface area (Å²) in [6.45, 7) is 0.977. The van der Waals surface area contributed by atoms with E-state index >= 15 is 0 Å². The van der Waals surface area contributed by atoms with Crippen molar-refractivity contribution in [1.29, 1.82) is 0 Å². The summed E-state index contributed by atoms with van der Waals surface area (Å²) < 4.78 is 5.59. The van der Waals surface area contributed by atoms with Gasteiger partial charge in [-0.2, -0.15) is 0 Å². The van der Waals surface area contributed by atoms with E-state index in [0.717, 1.165) is 0 Å². The van der Waals surface area contributed by atoms with E-state index in [1.165, 1.54) is 6.20 Å². The highest BCUT2D eigenvalue weighted by Crippen LogP contribution is 2.28. The summed E-state index contributed by atoms with van der Waals surface area (Å²) >= 11 is 0. The molecular formula is C12H13N3O3. The fourth-order valence-electron chi connectivity index (χ4n) is 2.17. The number of amides is 2. The van der Waals surface area contributed by atoms with Gasteiger partial charge in [-0.25, -0.2) is 0 Å². The van der Waals surface area contributed by atoms with Crippen LogP contribution in [0, 0.1) is 0 Å². The SMILES string of the molecule is O=C(NCC1CN2C(=O)CC2O1)c1cccnc1. The number of hydrogen-bond donors (Lipinski definition) is 1. The highest BCUT2D eigenvalue weighted by Gasteiger charge is 2.45. The lowest BCUT2D eigenvalue weighted by molar-refractivity contribution is -0.156. The van der Waals surface area contributed by atoms with E-state index in [2.05, 4.69) is 10.3 Å². The second-order valence-electron chi connectivity index (χ2n) is 4.41. The van der Waals surface area contributed by atoms with Crippen LogP contribution in [-0.4, -0.2) is 47.1 Å². The summed E-state index contributed by atoms with van der Waals surface area (Å²) in [5.74, 6) is -0.0478. The van der Waals surface area contributed by atoms with Crippen LogP contribution in [0.1, 0.15) is 16.8 Å². The number of carbonyl (C=O) groups excluding carboxylic acids is 2. The molecule has 6 nitrogen and oxygen atoms in total. The Bertz CT molecular complexity index is 477. The van der Waals surface area contributed by atoms with E-state index in [-0.39, 0.29) is 24.1 Å². The second-order valence-corrected chi connectivity index (χ2v) is 4.41. The number of carbonyl (C=O) groups is 2. The van der Waals surface area contributed by atoms with Gasteiger partial charge in [0.05, 0.1) is 24.6 Å². The molecule has 2 aliphatic rings. The molecule has 0 spiro atoms. The molecule has 1 aromatic rings. The Balaban J connectivity index is 1.51. The average molecular weight is 247 g/mol. The van der Waals surface area contributed by atoms with Crippen molar-refractivity contribution in [3.63, 3.8) is 0 Å². The minimum absolute atomic E-state index is 0.0715. The Morgan fingerprint density at radius 2 is 2.50 bits per heavy atom. The summed E-state index contributed by atoms with van der Waals surface area (Å²) in [4.78, 5) is 28.5. The third-order valence-corrected chi connectivity index (χ3v) is 3.18. The standard InChI is InChI=1S/C12H13N3O3/c16-10-4-11-15(10)7-9(18-11)6-14-12(17)8-2-1-3-13-5-8/h1-3,5,9,11H,4,6-7H2,(H,14,17). The molecule has 3 rings (SSSR count). The van der Waals surface area contributed by atoms with E-state index in [1.807, 2.05) is 0 Å².